The van der Waals surface area contributed by atoms with Crippen LogP contribution in [0.2, 0.25) is 0 Å². The summed E-state index contributed by atoms with van der Waals surface area (Å²) >= 11 is 0. The highest BCUT2D eigenvalue weighted by Gasteiger charge is 2.44. The molecule has 38 heavy (non-hydrogen) atoms. The van der Waals surface area contributed by atoms with Crippen LogP contribution in [0.3, 0.4) is 0 Å². The number of aromatic nitrogens is 4. The first-order valence-corrected chi connectivity index (χ1v) is 13.3. The molecule has 2 aliphatic heterocycles. The van der Waals surface area contributed by atoms with E-state index in [4.69, 9.17) is 9.72 Å². The second-order valence-corrected chi connectivity index (χ2v) is 10.6. The molecule has 3 fully saturated rings. The van der Waals surface area contributed by atoms with Crippen molar-refractivity contribution in [2.75, 3.05) is 20.2 Å². The van der Waals surface area contributed by atoms with Crippen molar-refractivity contribution in [2.24, 2.45) is 0 Å². The van der Waals surface area contributed by atoms with Gasteiger partial charge in [0.1, 0.15) is 0 Å². The molecule has 0 spiro atoms. The fourth-order valence-electron chi connectivity index (χ4n) is 6.12. The highest BCUT2D eigenvalue weighted by atomic mass is 19.1. The molecule has 1 aliphatic carbocycles. The number of fused-ring (bicyclic) bond motifs is 3. The highest BCUT2D eigenvalue weighted by molar-refractivity contribution is 5.93. The molecule has 1 aromatic carbocycles. The second-order valence-electron chi connectivity index (χ2n) is 10.6. The summed E-state index contributed by atoms with van der Waals surface area (Å²) in [4.78, 5) is 31.1. The molecule has 1 amide bonds. The van der Waals surface area contributed by atoms with Crippen molar-refractivity contribution in [1.82, 2.24) is 29.2 Å². The monoisotopic (exact) mass is 512 g/mol. The zero-order chi connectivity index (χ0) is 25.8. The van der Waals surface area contributed by atoms with Gasteiger partial charge in [0.05, 0.1) is 18.5 Å². The van der Waals surface area contributed by atoms with E-state index < -0.39 is 5.82 Å². The Morgan fingerprint density at radius 2 is 1.79 bits per heavy atom. The van der Waals surface area contributed by atoms with Crippen molar-refractivity contribution in [2.45, 2.75) is 50.2 Å². The van der Waals surface area contributed by atoms with E-state index in [9.17, 15) is 9.18 Å². The Morgan fingerprint density at radius 1 is 1.03 bits per heavy atom. The predicted molar refractivity (Wildman–Crippen MR) is 139 cm³/mol. The molecular weight excluding hydrogens is 483 g/mol. The van der Waals surface area contributed by atoms with Gasteiger partial charge >= 0.3 is 0 Å². The molecule has 194 valence electrons. The number of amides is 1. The molecule has 0 N–H and O–H groups in total. The molecule has 8 nitrogen and oxygen atoms in total. The van der Waals surface area contributed by atoms with Gasteiger partial charge in [-0.3, -0.25) is 14.1 Å². The van der Waals surface area contributed by atoms with Crippen LogP contribution >= 0.6 is 0 Å². The van der Waals surface area contributed by atoms with Crippen LogP contribution in [-0.2, 0) is 6.54 Å². The minimum atomic E-state index is -0.617. The first kappa shape index (κ1) is 23.3. The third-order valence-corrected chi connectivity index (χ3v) is 8.13. The van der Waals surface area contributed by atoms with Gasteiger partial charge in [-0.25, -0.2) is 19.3 Å². The lowest BCUT2D eigenvalue weighted by Crippen LogP contribution is -2.55. The molecule has 9 heteroatoms. The zero-order valence-corrected chi connectivity index (χ0v) is 21.3. The number of nitrogens with zero attached hydrogens (tertiary/aromatic N) is 6. The van der Waals surface area contributed by atoms with Crippen LogP contribution in [0, 0.1) is 5.82 Å². The van der Waals surface area contributed by atoms with E-state index in [1.54, 1.807) is 6.20 Å². The number of carbonyl (C=O) groups excluding carboxylic acids is 1. The number of hydrogen-bond donors (Lipinski definition) is 0. The van der Waals surface area contributed by atoms with Crippen molar-refractivity contribution in [3.63, 3.8) is 0 Å². The quantitative estimate of drug-likeness (QED) is 0.383. The van der Waals surface area contributed by atoms with E-state index in [2.05, 4.69) is 43.5 Å². The molecule has 2 saturated heterocycles. The Bertz CT molecular complexity index is 1500. The number of methoxy groups -OCH3 is 1. The van der Waals surface area contributed by atoms with Crippen LogP contribution in [0.25, 0.3) is 17.0 Å². The Hall–Kier alpha value is -3.85. The number of likely N-dealkylation sites (tertiary alicyclic amines) is 1. The van der Waals surface area contributed by atoms with Gasteiger partial charge in [-0.05, 0) is 49.3 Å². The van der Waals surface area contributed by atoms with Crippen LogP contribution in [0.15, 0.2) is 54.9 Å². The molecular formula is C29H29FN6O2. The molecule has 2 unspecified atom stereocenters. The maximum Gasteiger partial charge on any atom is 0.276 e. The summed E-state index contributed by atoms with van der Waals surface area (Å²) in [6.07, 6.45) is 8.12. The van der Waals surface area contributed by atoms with Gasteiger partial charge in [0.25, 0.3) is 5.91 Å². The average Bonchev–Trinajstić information content (AvgIpc) is 3.68. The Morgan fingerprint density at radius 3 is 2.50 bits per heavy atom. The minimum Gasteiger partial charge on any atom is -0.481 e. The van der Waals surface area contributed by atoms with Crippen LogP contribution in [0.1, 0.15) is 53.3 Å². The van der Waals surface area contributed by atoms with Gasteiger partial charge in [-0.1, -0.05) is 24.3 Å². The van der Waals surface area contributed by atoms with Crippen molar-refractivity contribution in [3.8, 4) is 17.1 Å². The van der Waals surface area contributed by atoms with Gasteiger partial charge in [-0.2, -0.15) is 0 Å². The summed E-state index contributed by atoms with van der Waals surface area (Å²) < 4.78 is 21.7. The number of carbonyl (C=O) groups is 1. The third-order valence-electron chi connectivity index (χ3n) is 8.13. The van der Waals surface area contributed by atoms with Crippen LogP contribution in [0.4, 0.5) is 4.39 Å². The molecule has 5 heterocycles. The lowest BCUT2D eigenvalue weighted by molar-refractivity contribution is 0.0392. The van der Waals surface area contributed by atoms with Crippen molar-refractivity contribution >= 4 is 11.7 Å². The predicted octanol–water partition coefficient (Wildman–Crippen LogP) is 4.31. The number of ether oxygens (including phenoxy) is 1. The molecule has 7 rings (SSSR count). The molecule has 3 aliphatic rings. The Balaban J connectivity index is 1.15. The summed E-state index contributed by atoms with van der Waals surface area (Å²) in [5, 5.41) is 0. The zero-order valence-electron chi connectivity index (χ0n) is 21.3. The second kappa shape index (κ2) is 9.16. The summed E-state index contributed by atoms with van der Waals surface area (Å²) in [5.41, 5.74) is 4.36. The lowest BCUT2D eigenvalue weighted by Gasteiger charge is -2.41. The number of hydrogen-bond acceptors (Lipinski definition) is 6. The highest BCUT2D eigenvalue weighted by Crippen LogP contribution is 2.41. The number of rotatable bonds is 6. The number of imidazole rings is 1. The normalized spacial score (nSPS) is 21.3. The largest absolute Gasteiger partial charge is 0.481 e. The van der Waals surface area contributed by atoms with Gasteiger partial charge in [-0.15, -0.1) is 0 Å². The lowest BCUT2D eigenvalue weighted by atomic mass is 10.0. The average molecular weight is 513 g/mol. The standard InChI is InChI=1S/C29H29FN6O2/c1-38-25-12-11-23(30)27(32-25)28(37)36-21-9-10-22(36)16-34(15-21)17-24-26(33-29-31-13-2-14-35(24)29)20-7-5-19(6-8-20)18-3-4-18/h2,5-8,11-14,18,21-22H,3-4,9-10,15-17H2,1H3. The maximum atomic E-state index is 14.5. The summed E-state index contributed by atoms with van der Waals surface area (Å²) in [7, 11) is 1.46. The molecule has 2 atom stereocenters. The van der Waals surface area contributed by atoms with Crippen LogP contribution < -0.4 is 4.74 Å². The van der Waals surface area contributed by atoms with E-state index in [1.165, 1.54) is 37.6 Å². The van der Waals surface area contributed by atoms with Gasteiger partial charge in [0, 0.05) is 55.7 Å². The third kappa shape index (κ3) is 4.01. The number of benzene rings is 1. The maximum absolute atomic E-state index is 14.5. The molecule has 0 radical (unpaired) electrons. The molecule has 4 aromatic rings. The Labute approximate surface area is 220 Å². The number of pyridine rings is 1. The van der Waals surface area contributed by atoms with Crippen molar-refractivity contribution in [3.05, 3.63) is 77.6 Å². The number of halogens is 1. The Kier molecular flexibility index (Phi) is 5.61. The van der Waals surface area contributed by atoms with Crippen LogP contribution in [0.5, 0.6) is 5.88 Å². The first-order valence-electron chi connectivity index (χ1n) is 13.3. The summed E-state index contributed by atoms with van der Waals surface area (Å²) in [6, 6.07) is 13.4. The smallest absolute Gasteiger partial charge is 0.276 e. The van der Waals surface area contributed by atoms with Gasteiger partial charge in [0.15, 0.2) is 11.5 Å². The number of piperazine rings is 1. The fraction of sp³-hybridized carbons (Fsp3) is 0.379. The first-order chi connectivity index (χ1) is 18.6. The van der Waals surface area contributed by atoms with E-state index in [1.807, 2.05) is 17.2 Å². The minimum absolute atomic E-state index is 0.00670. The van der Waals surface area contributed by atoms with E-state index in [0.29, 0.717) is 31.3 Å². The van der Waals surface area contributed by atoms with Gasteiger partial charge < -0.3 is 9.64 Å². The summed E-state index contributed by atoms with van der Waals surface area (Å²) in [5.74, 6) is 0.651. The van der Waals surface area contributed by atoms with E-state index in [-0.39, 0.29) is 29.6 Å². The van der Waals surface area contributed by atoms with E-state index in [0.717, 1.165) is 29.8 Å². The van der Waals surface area contributed by atoms with Crippen molar-refractivity contribution < 1.29 is 13.9 Å². The fourth-order valence-corrected chi connectivity index (χ4v) is 6.12. The topological polar surface area (TPSA) is 75.9 Å². The summed E-state index contributed by atoms with van der Waals surface area (Å²) in [6.45, 7) is 2.11. The van der Waals surface area contributed by atoms with Gasteiger partial charge in [0.2, 0.25) is 11.7 Å². The van der Waals surface area contributed by atoms with Crippen molar-refractivity contribution in [1.29, 1.82) is 0 Å². The molecule has 1 saturated carbocycles. The SMILES string of the molecule is COc1ccc(F)c(C(=O)N2C3CCC2CN(Cc2c(-c4ccc(C5CC5)cc4)nc4ncccn24)C3)n1. The van der Waals surface area contributed by atoms with E-state index >= 15 is 0 Å². The molecule has 2 bridgehead atoms. The van der Waals surface area contributed by atoms with Crippen LogP contribution in [-0.4, -0.2) is 67.3 Å². The molecule has 3 aromatic heterocycles.